The van der Waals surface area contributed by atoms with Gasteiger partial charge in [0.25, 0.3) is 17.7 Å². The van der Waals surface area contributed by atoms with Gasteiger partial charge in [-0.2, -0.15) is 0 Å². The minimum absolute atomic E-state index is 0.0203. The Bertz CT molecular complexity index is 1340. The lowest BCUT2D eigenvalue weighted by atomic mass is 9.90. The second-order valence-electron chi connectivity index (χ2n) is 10.6. The smallest absolute Gasteiger partial charge is 0.276 e. The van der Waals surface area contributed by atoms with E-state index in [1.165, 1.54) is 20.7 Å². The molecule has 12 heteroatoms. The van der Waals surface area contributed by atoms with E-state index in [4.69, 9.17) is 0 Å². The van der Waals surface area contributed by atoms with E-state index in [9.17, 15) is 28.0 Å². The third-order valence-corrected chi connectivity index (χ3v) is 7.92. The van der Waals surface area contributed by atoms with Gasteiger partial charge in [-0.25, -0.2) is 13.5 Å². The van der Waals surface area contributed by atoms with E-state index in [1.54, 1.807) is 32.0 Å². The highest BCUT2D eigenvalue weighted by Gasteiger charge is 2.72. The minimum Gasteiger partial charge on any atom is -0.332 e. The van der Waals surface area contributed by atoms with E-state index in [-0.39, 0.29) is 49.9 Å². The van der Waals surface area contributed by atoms with Crippen LogP contribution in [0.5, 0.6) is 0 Å². The molecule has 3 aliphatic heterocycles. The van der Waals surface area contributed by atoms with Crippen LogP contribution < -0.4 is 5.32 Å². The van der Waals surface area contributed by atoms with Crippen molar-refractivity contribution in [2.24, 2.45) is 11.8 Å². The lowest BCUT2D eigenvalue weighted by molar-refractivity contribution is -0.136. The highest BCUT2D eigenvalue weighted by atomic mass is 19.3. The number of carbonyl (C=O) groups is 4. The molecule has 1 N–H and O–H groups in total. The molecule has 3 atom stereocenters. The first-order valence-corrected chi connectivity index (χ1v) is 11.9. The van der Waals surface area contributed by atoms with E-state index in [0.29, 0.717) is 16.8 Å². The number of hydrogen-bond donors (Lipinski definition) is 1. The van der Waals surface area contributed by atoms with Crippen LogP contribution in [0.2, 0.25) is 0 Å². The van der Waals surface area contributed by atoms with Crippen LogP contribution in [0.15, 0.2) is 24.4 Å². The van der Waals surface area contributed by atoms with Crippen molar-refractivity contribution < 1.29 is 28.0 Å². The molecular formula is C24H24F2N6O4. The predicted octanol–water partition coefficient (Wildman–Crippen LogP) is 1.53. The number of rotatable bonds is 3. The number of benzene rings is 1. The molecule has 0 radical (unpaired) electrons. The molecule has 3 unspecified atom stereocenters. The molecule has 1 aliphatic carbocycles. The molecule has 1 aromatic carbocycles. The second-order valence-corrected chi connectivity index (χ2v) is 10.6. The maximum atomic E-state index is 14.0. The molecule has 6 rings (SSSR count). The van der Waals surface area contributed by atoms with Gasteiger partial charge in [0, 0.05) is 42.4 Å². The molecule has 4 heterocycles. The molecule has 1 aromatic heterocycles. The van der Waals surface area contributed by atoms with E-state index < -0.39 is 41.2 Å². The van der Waals surface area contributed by atoms with Crippen LogP contribution in [0.3, 0.4) is 0 Å². The molecule has 1 saturated carbocycles. The zero-order valence-corrected chi connectivity index (χ0v) is 19.7. The maximum absolute atomic E-state index is 14.0. The van der Waals surface area contributed by atoms with Crippen molar-refractivity contribution in [1.82, 2.24) is 30.1 Å². The van der Waals surface area contributed by atoms with Crippen LogP contribution >= 0.6 is 0 Å². The summed E-state index contributed by atoms with van der Waals surface area (Å²) in [6, 6.07) is 4.31. The highest BCUT2D eigenvalue weighted by molar-refractivity contribution is 6.05. The van der Waals surface area contributed by atoms with Crippen LogP contribution in [0.1, 0.15) is 59.5 Å². The van der Waals surface area contributed by atoms with Gasteiger partial charge in [-0.05, 0) is 50.5 Å². The Balaban J connectivity index is 1.21. The number of nitrogens with zero attached hydrogens (tertiary/aromatic N) is 5. The summed E-state index contributed by atoms with van der Waals surface area (Å²) in [5.74, 6) is -5.79. The van der Waals surface area contributed by atoms with Gasteiger partial charge in [-0.3, -0.25) is 24.5 Å². The van der Waals surface area contributed by atoms with Crippen LogP contribution in [0.4, 0.5) is 8.78 Å². The van der Waals surface area contributed by atoms with Gasteiger partial charge in [-0.15, -0.1) is 5.10 Å². The van der Waals surface area contributed by atoms with Crippen LogP contribution in [0.25, 0.3) is 5.69 Å². The topological polar surface area (TPSA) is 118 Å². The monoisotopic (exact) mass is 498 g/mol. The van der Waals surface area contributed by atoms with E-state index >= 15 is 0 Å². The Morgan fingerprint density at radius 2 is 1.94 bits per heavy atom. The lowest BCUT2D eigenvalue weighted by Crippen LogP contribution is -2.52. The van der Waals surface area contributed by atoms with Crippen LogP contribution in [-0.2, 0) is 16.1 Å². The van der Waals surface area contributed by atoms with Crippen LogP contribution in [-0.4, -0.2) is 72.5 Å². The molecule has 4 amide bonds. The molecule has 4 aliphatic rings. The van der Waals surface area contributed by atoms with E-state index in [0.717, 1.165) is 0 Å². The summed E-state index contributed by atoms with van der Waals surface area (Å²) in [5, 5.41) is 10.3. The lowest BCUT2D eigenvalue weighted by Gasteiger charge is -2.41. The molecule has 36 heavy (non-hydrogen) atoms. The summed E-state index contributed by atoms with van der Waals surface area (Å²) in [7, 11) is 0. The number of aromatic nitrogens is 3. The number of alkyl halides is 2. The number of hydrogen-bond acceptors (Lipinski definition) is 6. The van der Waals surface area contributed by atoms with Gasteiger partial charge in [0.05, 0.1) is 11.9 Å². The summed E-state index contributed by atoms with van der Waals surface area (Å²) in [5.41, 5.74) is 1.02. The summed E-state index contributed by atoms with van der Waals surface area (Å²) in [4.78, 5) is 52.7. The quantitative estimate of drug-likeness (QED) is 0.642. The Morgan fingerprint density at radius 3 is 2.69 bits per heavy atom. The van der Waals surface area contributed by atoms with Crippen molar-refractivity contribution in [1.29, 1.82) is 0 Å². The SMILES string of the molecule is CC1(C)CC2C(CN1C(=O)c1cn(-c3ccc4c(c3)CN(C3CCC(=O)NC3=O)C4=O)nn1)C2(F)F. The van der Waals surface area contributed by atoms with Crippen LogP contribution in [0, 0.1) is 11.8 Å². The molecule has 3 fully saturated rings. The molecule has 0 spiro atoms. The number of amides is 4. The van der Waals surface area contributed by atoms with Gasteiger partial charge in [-0.1, -0.05) is 5.21 Å². The number of nitrogens with one attached hydrogen (secondary N) is 1. The Kier molecular flexibility index (Phi) is 4.68. The summed E-state index contributed by atoms with van der Waals surface area (Å²) >= 11 is 0. The van der Waals surface area contributed by atoms with Gasteiger partial charge in [0.15, 0.2) is 5.69 Å². The number of halogens is 2. The average molecular weight is 498 g/mol. The van der Waals surface area contributed by atoms with Crippen molar-refractivity contribution in [2.45, 2.75) is 57.2 Å². The third-order valence-electron chi connectivity index (χ3n) is 7.92. The van der Waals surface area contributed by atoms with Gasteiger partial charge >= 0.3 is 0 Å². The number of imide groups is 1. The number of carbonyl (C=O) groups excluding carboxylic acids is 4. The number of likely N-dealkylation sites (tertiary alicyclic amines) is 1. The fraction of sp³-hybridized carbons (Fsp3) is 0.500. The summed E-state index contributed by atoms with van der Waals surface area (Å²) in [6.07, 6.45) is 2.12. The Labute approximate surface area is 204 Å². The third kappa shape index (κ3) is 3.34. The van der Waals surface area contributed by atoms with Gasteiger partial charge in [0.2, 0.25) is 11.8 Å². The zero-order valence-electron chi connectivity index (χ0n) is 19.7. The Morgan fingerprint density at radius 1 is 1.17 bits per heavy atom. The largest absolute Gasteiger partial charge is 0.332 e. The molecule has 2 saturated heterocycles. The normalized spacial score (nSPS) is 28.0. The zero-order chi connectivity index (χ0) is 25.6. The second kappa shape index (κ2) is 7.40. The summed E-state index contributed by atoms with van der Waals surface area (Å²) in [6.45, 7) is 3.75. The van der Waals surface area contributed by atoms with Crippen molar-refractivity contribution in [3.8, 4) is 5.69 Å². The molecular weight excluding hydrogens is 474 g/mol. The molecule has 0 bridgehead atoms. The summed E-state index contributed by atoms with van der Waals surface area (Å²) < 4.78 is 29.4. The number of fused-ring (bicyclic) bond motifs is 2. The molecule has 2 aromatic rings. The fourth-order valence-electron chi connectivity index (χ4n) is 5.77. The molecule has 10 nitrogen and oxygen atoms in total. The number of piperidine rings is 2. The minimum atomic E-state index is -2.73. The predicted molar refractivity (Wildman–Crippen MR) is 119 cm³/mol. The van der Waals surface area contributed by atoms with Gasteiger partial charge < -0.3 is 9.80 Å². The van der Waals surface area contributed by atoms with E-state index in [1.807, 2.05) is 0 Å². The van der Waals surface area contributed by atoms with Crippen molar-refractivity contribution in [3.63, 3.8) is 0 Å². The standard InChI is InChI=1S/C24H24F2N6O4/c1-23(2)8-15-16(24(15,25)26)10-31(23)22(36)17-11-32(29-28-17)13-3-4-14-12(7-13)9-30(21(14)35)18-5-6-19(33)27-20(18)34/h3-4,7,11,15-16,18H,5-6,8-10H2,1-2H3,(H,27,33,34). The van der Waals surface area contributed by atoms with E-state index in [2.05, 4.69) is 15.6 Å². The highest BCUT2D eigenvalue weighted by Crippen LogP contribution is 2.62. The Hall–Kier alpha value is -3.70. The average Bonchev–Trinajstić information content (AvgIpc) is 3.19. The van der Waals surface area contributed by atoms with Crippen molar-refractivity contribution >= 4 is 23.6 Å². The van der Waals surface area contributed by atoms with Gasteiger partial charge in [0.1, 0.15) is 6.04 Å². The van der Waals surface area contributed by atoms with Crippen molar-refractivity contribution in [2.75, 3.05) is 6.54 Å². The fourth-order valence-corrected chi connectivity index (χ4v) is 5.77. The first-order valence-electron chi connectivity index (χ1n) is 11.9. The maximum Gasteiger partial charge on any atom is 0.276 e. The van der Waals surface area contributed by atoms with Crippen molar-refractivity contribution in [3.05, 3.63) is 41.2 Å². The first kappa shape index (κ1) is 22.7. The first-order chi connectivity index (χ1) is 17.0. The molecule has 188 valence electrons.